The standard InChI is InChI=1S/C23H23N3O3/c1-15-14-19(17-8-5-9-17)29-23(28)21(15)22(27)25-13-11-20-24-12-10-18(26-20)16-6-3-2-4-7-16/h2-4,6-7,10,12,14,17H,5,8-9,11,13H2,1H3,(H,25,27). The van der Waals surface area contributed by atoms with Gasteiger partial charge < -0.3 is 9.73 Å². The predicted octanol–water partition coefficient (Wildman–Crippen LogP) is 3.65. The number of carbonyl (C=O) groups is 1. The van der Waals surface area contributed by atoms with Crippen LogP contribution in [0.15, 0.2) is 57.9 Å². The molecule has 2 aromatic heterocycles. The van der Waals surface area contributed by atoms with E-state index in [-0.39, 0.29) is 5.56 Å². The van der Waals surface area contributed by atoms with Crippen molar-refractivity contribution in [3.8, 4) is 11.3 Å². The van der Waals surface area contributed by atoms with Crippen LogP contribution in [0.2, 0.25) is 0 Å². The first-order chi connectivity index (χ1) is 14.1. The highest BCUT2D eigenvalue weighted by Gasteiger charge is 2.25. The molecule has 148 valence electrons. The zero-order valence-electron chi connectivity index (χ0n) is 16.4. The number of nitrogens with zero attached hydrogens (tertiary/aromatic N) is 2. The van der Waals surface area contributed by atoms with E-state index in [0.29, 0.717) is 36.0 Å². The Morgan fingerprint density at radius 3 is 2.69 bits per heavy atom. The topological polar surface area (TPSA) is 85.1 Å². The van der Waals surface area contributed by atoms with Gasteiger partial charge in [0.2, 0.25) is 0 Å². The summed E-state index contributed by atoms with van der Waals surface area (Å²) in [5, 5.41) is 2.79. The van der Waals surface area contributed by atoms with E-state index in [4.69, 9.17) is 4.42 Å². The van der Waals surface area contributed by atoms with Gasteiger partial charge in [0.15, 0.2) is 0 Å². The maximum Gasteiger partial charge on any atom is 0.349 e. The van der Waals surface area contributed by atoms with Crippen molar-refractivity contribution in [3.63, 3.8) is 0 Å². The summed E-state index contributed by atoms with van der Waals surface area (Å²) in [7, 11) is 0. The highest BCUT2D eigenvalue weighted by molar-refractivity contribution is 5.95. The van der Waals surface area contributed by atoms with Crippen molar-refractivity contribution in [1.82, 2.24) is 15.3 Å². The van der Waals surface area contributed by atoms with Gasteiger partial charge in [-0.25, -0.2) is 14.8 Å². The molecule has 6 heteroatoms. The lowest BCUT2D eigenvalue weighted by molar-refractivity contribution is 0.0948. The van der Waals surface area contributed by atoms with Crippen molar-refractivity contribution < 1.29 is 9.21 Å². The monoisotopic (exact) mass is 389 g/mol. The minimum absolute atomic E-state index is 0.0760. The maximum atomic E-state index is 12.5. The van der Waals surface area contributed by atoms with E-state index in [1.54, 1.807) is 13.1 Å². The summed E-state index contributed by atoms with van der Waals surface area (Å²) in [4.78, 5) is 33.7. The zero-order valence-corrected chi connectivity index (χ0v) is 16.4. The third-order valence-electron chi connectivity index (χ3n) is 5.31. The first kappa shape index (κ1) is 19.1. The van der Waals surface area contributed by atoms with Crippen molar-refractivity contribution in [3.05, 3.63) is 81.8 Å². The molecule has 0 bridgehead atoms. The minimum Gasteiger partial charge on any atom is -0.427 e. The van der Waals surface area contributed by atoms with Gasteiger partial charge in [0, 0.05) is 30.6 Å². The second-order valence-electron chi connectivity index (χ2n) is 7.35. The fourth-order valence-electron chi connectivity index (χ4n) is 3.47. The fraction of sp³-hybridized carbons (Fsp3) is 0.304. The average Bonchev–Trinajstić information content (AvgIpc) is 2.67. The number of aromatic nitrogens is 2. The molecule has 6 nitrogen and oxygen atoms in total. The fourth-order valence-corrected chi connectivity index (χ4v) is 3.47. The van der Waals surface area contributed by atoms with Gasteiger partial charge in [0.1, 0.15) is 17.1 Å². The Labute approximate surface area is 169 Å². The van der Waals surface area contributed by atoms with Crippen LogP contribution < -0.4 is 10.9 Å². The smallest absolute Gasteiger partial charge is 0.349 e. The van der Waals surface area contributed by atoms with Gasteiger partial charge in [-0.3, -0.25) is 4.79 Å². The Morgan fingerprint density at radius 1 is 1.21 bits per heavy atom. The molecular weight excluding hydrogens is 366 g/mol. The largest absolute Gasteiger partial charge is 0.427 e. The van der Waals surface area contributed by atoms with Crippen LogP contribution in [0.1, 0.15) is 52.7 Å². The van der Waals surface area contributed by atoms with E-state index in [0.717, 1.165) is 30.5 Å². The summed E-state index contributed by atoms with van der Waals surface area (Å²) >= 11 is 0. The number of amides is 1. The van der Waals surface area contributed by atoms with Crippen LogP contribution in [0.4, 0.5) is 0 Å². The van der Waals surface area contributed by atoms with E-state index in [9.17, 15) is 9.59 Å². The molecule has 1 N–H and O–H groups in total. The summed E-state index contributed by atoms with van der Waals surface area (Å²) in [6.07, 6.45) is 5.41. The number of aryl methyl sites for hydroxylation is 1. The lowest BCUT2D eigenvalue weighted by Gasteiger charge is -2.24. The molecule has 0 radical (unpaired) electrons. The quantitative estimate of drug-likeness (QED) is 0.696. The van der Waals surface area contributed by atoms with Crippen LogP contribution in [0.5, 0.6) is 0 Å². The van der Waals surface area contributed by atoms with Crippen molar-refractivity contribution in [2.75, 3.05) is 6.54 Å². The van der Waals surface area contributed by atoms with Crippen molar-refractivity contribution >= 4 is 5.91 Å². The Kier molecular flexibility index (Phi) is 5.51. The number of rotatable bonds is 6. The normalized spacial score (nSPS) is 13.7. The Morgan fingerprint density at radius 2 is 2.00 bits per heavy atom. The molecule has 1 amide bonds. The van der Waals surface area contributed by atoms with Gasteiger partial charge in [-0.05, 0) is 37.5 Å². The summed E-state index contributed by atoms with van der Waals surface area (Å²) in [6, 6.07) is 13.5. The van der Waals surface area contributed by atoms with E-state index in [2.05, 4.69) is 15.3 Å². The molecule has 1 aromatic carbocycles. The third kappa shape index (κ3) is 4.26. The van der Waals surface area contributed by atoms with Gasteiger partial charge in [-0.2, -0.15) is 0 Å². The molecule has 0 spiro atoms. The van der Waals surface area contributed by atoms with Crippen LogP contribution in [0, 0.1) is 6.92 Å². The molecule has 3 aromatic rings. The van der Waals surface area contributed by atoms with Gasteiger partial charge in [0.25, 0.3) is 5.91 Å². The van der Waals surface area contributed by atoms with Crippen LogP contribution in [-0.4, -0.2) is 22.4 Å². The molecule has 0 saturated heterocycles. The van der Waals surface area contributed by atoms with E-state index < -0.39 is 11.5 Å². The van der Waals surface area contributed by atoms with Crippen LogP contribution in [0.3, 0.4) is 0 Å². The van der Waals surface area contributed by atoms with Gasteiger partial charge >= 0.3 is 5.63 Å². The second kappa shape index (κ2) is 8.39. The molecule has 1 fully saturated rings. The Bertz CT molecular complexity index is 1070. The van der Waals surface area contributed by atoms with Crippen molar-refractivity contribution in [2.24, 2.45) is 0 Å². The van der Waals surface area contributed by atoms with Crippen LogP contribution in [0.25, 0.3) is 11.3 Å². The Balaban J connectivity index is 1.40. The number of carbonyl (C=O) groups excluding carboxylic acids is 1. The zero-order chi connectivity index (χ0) is 20.2. The number of hydrogen-bond donors (Lipinski definition) is 1. The first-order valence-electron chi connectivity index (χ1n) is 9.92. The third-order valence-corrected chi connectivity index (χ3v) is 5.31. The first-order valence-corrected chi connectivity index (χ1v) is 9.92. The summed E-state index contributed by atoms with van der Waals surface area (Å²) in [5.74, 6) is 1.22. The molecule has 1 aliphatic rings. The second-order valence-corrected chi connectivity index (χ2v) is 7.35. The maximum absolute atomic E-state index is 12.5. The minimum atomic E-state index is -0.563. The molecule has 0 aliphatic heterocycles. The average molecular weight is 389 g/mol. The van der Waals surface area contributed by atoms with Gasteiger partial charge in [0.05, 0.1) is 5.69 Å². The van der Waals surface area contributed by atoms with E-state index in [1.807, 2.05) is 42.5 Å². The molecule has 2 heterocycles. The lowest BCUT2D eigenvalue weighted by Crippen LogP contribution is -2.31. The summed E-state index contributed by atoms with van der Waals surface area (Å²) < 4.78 is 5.40. The number of hydrogen-bond acceptors (Lipinski definition) is 5. The molecule has 1 saturated carbocycles. The van der Waals surface area contributed by atoms with Crippen molar-refractivity contribution in [1.29, 1.82) is 0 Å². The lowest BCUT2D eigenvalue weighted by atomic mass is 9.83. The molecule has 1 aliphatic carbocycles. The number of nitrogens with one attached hydrogen (secondary N) is 1. The van der Waals surface area contributed by atoms with Crippen LogP contribution >= 0.6 is 0 Å². The SMILES string of the molecule is Cc1cc(C2CCC2)oc(=O)c1C(=O)NCCc1nccc(-c2ccccc2)n1. The molecule has 29 heavy (non-hydrogen) atoms. The summed E-state index contributed by atoms with van der Waals surface area (Å²) in [5.41, 5.74) is 2.02. The molecular formula is C23H23N3O3. The van der Waals surface area contributed by atoms with Crippen molar-refractivity contribution in [2.45, 2.75) is 38.5 Å². The van der Waals surface area contributed by atoms with E-state index in [1.165, 1.54) is 0 Å². The van der Waals surface area contributed by atoms with E-state index >= 15 is 0 Å². The molecule has 4 rings (SSSR count). The van der Waals surface area contributed by atoms with Crippen LogP contribution in [-0.2, 0) is 6.42 Å². The highest BCUT2D eigenvalue weighted by Crippen LogP contribution is 2.36. The Hall–Kier alpha value is -3.28. The summed E-state index contributed by atoms with van der Waals surface area (Å²) in [6.45, 7) is 2.11. The predicted molar refractivity (Wildman–Crippen MR) is 110 cm³/mol. The molecule has 0 unspecified atom stereocenters. The van der Waals surface area contributed by atoms with Gasteiger partial charge in [-0.15, -0.1) is 0 Å². The number of benzene rings is 1. The highest BCUT2D eigenvalue weighted by atomic mass is 16.4. The van der Waals surface area contributed by atoms with Gasteiger partial charge in [-0.1, -0.05) is 36.8 Å². The molecule has 0 atom stereocenters.